The van der Waals surface area contributed by atoms with Crippen molar-refractivity contribution < 1.29 is 9.59 Å². The van der Waals surface area contributed by atoms with E-state index in [9.17, 15) is 9.59 Å². The molecule has 0 aliphatic carbocycles. The van der Waals surface area contributed by atoms with Crippen LogP contribution < -0.4 is 10.9 Å². The third kappa shape index (κ3) is 3.38. The Bertz CT molecular complexity index is 349. The average molecular weight is 207 g/mol. The molecule has 1 heterocycles. The molecule has 5 nitrogen and oxygen atoms in total. The van der Waals surface area contributed by atoms with Crippen LogP contribution in [-0.2, 0) is 4.79 Å². The van der Waals surface area contributed by atoms with Crippen molar-refractivity contribution in [2.45, 2.75) is 13.8 Å². The molecule has 0 spiro atoms. The molecule has 0 fully saturated rings. The number of carbonyl (C=O) groups excluding carboxylic acids is 2. The minimum absolute atomic E-state index is 0.167. The van der Waals surface area contributed by atoms with Gasteiger partial charge >= 0.3 is 0 Å². The second-order valence-corrected chi connectivity index (χ2v) is 3.34. The van der Waals surface area contributed by atoms with Crippen molar-refractivity contribution in [1.82, 2.24) is 15.8 Å². The molecule has 0 aromatic carbocycles. The summed E-state index contributed by atoms with van der Waals surface area (Å²) in [5.74, 6) is -0.775. The highest BCUT2D eigenvalue weighted by Gasteiger charge is 2.09. The first-order valence-corrected chi connectivity index (χ1v) is 4.61. The first kappa shape index (κ1) is 11.2. The molecule has 2 amide bonds. The lowest BCUT2D eigenvalue weighted by molar-refractivity contribution is -0.124. The van der Waals surface area contributed by atoms with Crippen molar-refractivity contribution in [2.24, 2.45) is 5.92 Å². The summed E-state index contributed by atoms with van der Waals surface area (Å²) < 4.78 is 0. The van der Waals surface area contributed by atoms with E-state index < -0.39 is 0 Å². The number of aromatic nitrogens is 1. The van der Waals surface area contributed by atoms with E-state index in [0.717, 1.165) is 0 Å². The van der Waals surface area contributed by atoms with E-state index in [1.165, 1.54) is 6.20 Å². The van der Waals surface area contributed by atoms with Gasteiger partial charge in [0.2, 0.25) is 5.91 Å². The standard InChI is InChI=1S/C10H13N3O2/c1-7(2)9(14)12-13-10(15)8-4-3-5-11-6-8/h3-7H,1-2H3,(H,12,14)(H,13,15). The lowest BCUT2D eigenvalue weighted by Gasteiger charge is -2.08. The van der Waals surface area contributed by atoms with Crippen molar-refractivity contribution in [3.63, 3.8) is 0 Å². The maximum atomic E-state index is 11.4. The van der Waals surface area contributed by atoms with Crippen LogP contribution in [0.5, 0.6) is 0 Å². The molecule has 0 unspecified atom stereocenters. The fourth-order valence-electron chi connectivity index (χ4n) is 0.832. The second kappa shape index (κ2) is 5.09. The normalized spacial score (nSPS) is 9.80. The van der Waals surface area contributed by atoms with E-state index in [1.807, 2.05) is 0 Å². The molecule has 1 aromatic rings. The Morgan fingerprint density at radius 1 is 1.33 bits per heavy atom. The molecular weight excluding hydrogens is 194 g/mol. The topological polar surface area (TPSA) is 71.1 Å². The Morgan fingerprint density at radius 2 is 2.07 bits per heavy atom. The minimum Gasteiger partial charge on any atom is -0.273 e. The maximum absolute atomic E-state index is 11.4. The Morgan fingerprint density at radius 3 is 2.60 bits per heavy atom. The lowest BCUT2D eigenvalue weighted by atomic mass is 10.2. The van der Waals surface area contributed by atoms with Crippen LogP contribution in [0.25, 0.3) is 0 Å². The molecule has 5 heteroatoms. The number of hydrazine groups is 1. The van der Waals surface area contributed by atoms with Crippen LogP contribution in [0.1, 0.15) is 24.2 Å². The molecule has 1 rings (SSSR count). The fraction of sp³-hybridized carbons (Fsp3) is 0.300. The van der Waals surface area contributed by atoms with E-state index in [4.69, 9.17) is 0 Å². The fourth-order valence-corrected chi connectivity index (χ4v) is 0.832. The zero-order valence-electron chi connectivity index (χ0n) is 8.65. The predicted molar refractivity (Wildman–Crippen MR) is 54.7 cm³/mol. The van der Waals surface area contributed by atoms with Crippen LogP contribution in [0.2, 0.25) is 0 Å². The van der Waals surface area contributed by atoms with Crippen molar-refractivity contribution in [1.29, 1.82) is 0 Å². The summed E-state index contributed by atoms with van der Waals surface area (Å²) in [4.78, 5) is 26.3. The molecule has 0 bridgehead atoms. The highest BCUT2D eigenvalue weighted by molar-refractivity contribution is 5.95. The molecule has 80 valence electrons. The molecule has 1 aromatic heterocycles. The number of nitrogens with zero attached hydrogens (tertiary/aromatic N) is 1. The van der Waals surface area contributed by atoms with Gasteiger partial charge in [-0.05, 0) is 12.1 Å². The zero-order chi connectivity index (χ0) is 11.3. The Balaban J connectivity index is 2.48. The number of carbonyl (C=O) groups is 2. The summed E-state index contributed by atoms with van der Waals surface area (Å²) >= 11 is 0. The van der Waals surface area contributed by atoms with Gasteiger partial charge in [-0.2, -0.15) is 0 Å². The largest absolute Gasteiger partial charge is 0.273 e. The van der Waals surface area contributed by atoms with Gasteiger partial charge in [-0.1, -0.05) is 13.8 Å². The number of amides is 2. The first-order chi connectivity index (χ1) is 7.11. The summed E-state index contributed by atoms with van der Waals surface area (Å²) in [6.07, 6.45) is 3.00. The van der Waals surface area contributed by atoms with E-state index in [2.05, 4.69) is 15.8 Å². The highest BCUT2D eigenvalue weighted by Crippen LogP contribution is 1.94. The number of nitrogens with one attached hydrogen (secondary N) is 2. The van der Waals surface area contributed by atoms with Crippen LogP contribution in [0.3, 0.4) is 0 Å². The molecule has 15 heavy (non-hydrogen) atoms. The summed E-state index contributed by atoms with van der Waals surface area (Å²) in [7, 11) is 0. The smallest absolute Gasteiger partial charge is 0.271 e. The van der Waals surface area contributed by atoms with Crippen molar-refractivity contribution >= 4 is 11.8 Å². The van der Waals surface area contributed by atoms with Crippen molar-refractivity contribution in [3.8, 4) is 0 Å². The van der Waals surface area contributed by atoms with Crippen LogP contribution in [-0.4, -0.2) is 16.8 Å². The number of pyridine rings is 1. The summed E-state index contributed by atoms with van der Waals surface area (Å²) in [6, 6.07) is 3.27. The minimum atomic E-state index is -0.378. The molecule has 0 saturated carbocycles. The van der Waals surface area contributed by atoms with Gasteiger partial charge in [0.05, 0.1) is 5.56 Å². The van der Waals surface area contributed by atoms with E-state index in [-0.39, 0.29) is 17.7 Å². The Hall–Kier alpha value is -1.91. The van der Waals surface area contributed by atoms with Gasteiger partial charge in [-0.25, -0.2) is 0 Å². The van der Waals surface area contributed by atoms with Gasteiger partial charge in [0, 0.05) is 18.3 Å². The molecule has 0 radical (unpaired) electrons. The average Bonchev–Trinajstić information content (AvgIpc) is 2.26. The van der Waals surface area contributed by atoms with E-state index in [0.29, 0.717) is 5.56 Å². The highest BCUT2D eigenvalue weighted by atomic mass is 16.2. The molecule has 0 aliphatic heterocycles. The second-order valence-electron chi connectivity index (χ2n) is 3.34. The zero-order valence-corrected chi connectivity index (χ0v) is 8.65. The summed E-state index contributed by atoms with van der Waals surface area (Å²) in [5, 5.41) is 0. The van der Waals surface area contributed by atoms with Gasteiger partial charge < -0.3 is 0 Å². The first-order valence-electron chi connectivity index (χ1n) is 4.61. The van der Waals surface area contributed by atoms with Gasteiger partial charge in [0.15, 0.2) is 0 Å². The SMILES string of the molecule is CC(C)C(=O)NNC(=O)c1cccnc1. The van der Waals surface area contributed by atoms with Crippen LogP contribution in [0, 0.1) is 5.92 Å². The summed E-state index contributed by atoms with van der Waals surface area (Å²) in [6.45, 7) is 3.48. The number of rotatable bonds is 2. The molecule has 0 aliphatic rings. The Kier molecular flexibility index (Phi) is 3.79. The third-order valence-electron chi connectivity index (χ3n) is 1.75. The van der Waals surface area contributed by atoms with Gasteiger partial charge in [-0.3, -0.25) is 25.4 Å². The third-order valence-corrected chi connectivity index (χ3v) is 1.75. The van der Waals surface area contributed by atoms with Gasteiger partial charge in [-0.15, -0.1) is 0 Å². The molecule has 0 saturated heterocycles. The number of hydrogen-bond acceptors (Lipinski definition) is 3. The van der Waals surface area contributed by atoms with E-state index >= 15 is 0 Å². The summed E-state index contributed by atoms with van der Waals surface area (Å²) in [5.41, 5.74) is 5.02. The molecular formula is C10H13N3O2. The quantitative estimate of drug-likeness (QED) is 0.694. The van der Waals surface area contributed by atoms with Crippen LogP contribution in [0.15, 0.2) is 24.5 Å². The van der Waals surface area contributed by atoms with Gasteiger partial charge in [0.1, 0.15) is 0 Å². The van der Waals surface area contributed by atoms with Crippen molar-refractivity contribution in [3.05, 3.63) is 30.1 Å². The number of hydrogen-bond donors (Lipinski definition) is 2. The Labute approximate surface area is 87.9 Å². The molecule has 2 N–H and O–H groups in total. The maximum Gasteiger partial charge on any atom is 0.271 e. The monoisotopic (exact) mass is 207 g/mol. The molecule has 0 atom stereocenters. The lowest BCUT2D eigenvalue weighted by Crippen LogP contribution is -2.43. The van der Waals surface area contributed by atoms with E-state index in [1.54, 1.807) is 32.2 Å². The van der Waals surface area contributed by atoms with Gasteiger partial charge in [0.25, 0.3) is 5.91 Å². The van der Waals surface area contributed by atoms with Crippen LogP contribution in [0.4, 0.5) is 0 Å². The van der Waals surface area contributed by atoms with Crippen molar-refractivity contribution in [2.75, 3.05) is 0 Å². The predicted octanol–water partition coefficient (Wildman–Crippen LogP) is 0.499. The van der Waals surface area contributed by atoms with Crippen LogP contribution >= 0.6 is 0 Å².